The van der Waals surface area contributed by atoms with E-state index in [0.717, 1.165) is 6.42 Å². The fourth-order valence-electron chi connectivity index (χ4n) is 2.42. The molecule has 0 bridgehead atoms. The lowest BCUT2D eigenvalue weighted by Gasteiger charge is -2.27. The maximum Gasteiger partial charge on any atom is 0.243 e. The van der Waals surface area contributed by atoms with Crippen LogP contribution in [0.2, 0.25) is 0 Å². The molecule has 21 heavy (non-hydrogen) atoms. The lowest BCUT2D eigenvalue weighted by molar-refractivity contribution is -0.141. The van der Waals surface area contributed by atoms with Crippen LogP contribution in [-0.2, 0) is 14.4 Å². The topological polar surface area (TPSA) is 78.5 Å². The minimum atomic E-state index is -0.600. The Hall–Kier alpha value is -1.59. The maximum atomic E-state index is 12.3. The third-order valence-corrected chi connectivity index (χ3v) is 3.52. The van der Waals surface area contributed by atoms with Crippen molar-refractivity contribution in [2.45, 2.75) is 65.6 Å². The lowest BCUT2D eigenvalue weighted by Crippen LogP contribution is -2.53. The van der Waals surface area contributed by atoms with E-state index < -0.39 is 12.1 Å². The predicted octanol–water partition coefficient (Wildman–Crippen LogP) is 0.663. The Kier molecular flexibility index (Phi) is 6.18. The highest BCUT2D eigenvalue weighted by Gasteiger charge is 2.35. The number of nitrogens with one attached hydrogen (secondary N) is 2. The molecular formula is C15H27N3O3. The van der Waals surface area contributed by atoms with Gasteiger partial charge in [-0.3, -0.25) is 14.4 Å². The molecule has 3 amide bonds. The Morgan fingerprint density at radius 1 is 1.05 bits per heavy atom. The standard InChI is InChI=1S/C15H27N3O3/c1-9(2)15(21)18-8-6-7-12(18)14(20)17-11(5)13(19)16-10(3)4/h9-12H,6-8H2,1-5H3,(H,16,19)(H,17,20)/t11-,12+/m1/s1. The van der Waals surface area contributed by atoms with Gasteiger partial charge in [0.05, 0.1) is 0 Å². The van der Waals surface area contributed by atoms with Gasteiger partial charge in [0.1, 0.15) is 12.1 Å². The normalized spacial score (nSPS) is 19.8. The molecule has 2 N–H and O–H groups in total. The summed E-state index contributed by atoms with van der Waals surface area (Å²) in [5.41, 5.74) is 0. The first-order valence-corrected chi connectivity index (χ1v) is 7.65. The van der Waals surface area contributed by atoms with Crippen LogP contribution >= 0.6 is 0 Å². The molecule has 120 valence electrons. The number of nitrogens with zero attached hydrogens (tertiary/aromatic N) is 1. The molecule has 0 spiro atoms. The van der Waals surface area contributed by atoms with Crippen LogP contribution in [0.25, 0.3) is 0 Å². The highest BCUT2D eigenvalue weighted by atomic mass is 16.2. The van der Waals surface area contributed by atoms with E-state index in [1.165, 1.54) is 0 Å². The molecule has 0 unspecified atom stereocenters. The predicted molar refractivity (Wildman–Crippen MR) is 80.5 cm³/mol. The Morgan fingerprint density at radius 3 is 2.19 bits per heavy atom. The third-order valence-electron chi connectivity index (χ3n) is 3.52. The van der Waals surface area contributed by atoms with E-state index in [0.29, 0.717) is 13.0 Å². The molecule has 2 atom stereocenters. The molecule has 0 aromatic carbocycles. The highest BCUT2D eigenvalue weighted by molar-refractivity contribution is 5.92. The van der Waals surface area contributed by atoms with E-state index >= 15 is 0 Å². The van der Waals surface area contributed by atoms with Crippen LogP contribution < -0.4 is 10.6 Å². The monoisotopic (exact) mass is 297 g/mol. The minimum absolute atomic E-state index is 0.00747. The van der Waals surface area contributed by atoms with E-state index in [9.17, 15) is 14.4 Å². The molecule has 0 aromatic rings. The summed E-state index contributed by atoms with van der Waals surface area (Å²) >= 11 is 0. The van der Waals surface area contributed by atoms with Crippen molar-refractivity contribution in [1.29, 1.82) is 0 Å². The first kappa shape index (κ1) is 17.5. The van der Waals surface area contributed by atoms with Gasteiger partial charge >= 0.3 is 0 Å². The number of carbonyl (C=O) groups excluding carboxylic acids is 3. The molecule has 1 heterocycles. The second-order valence-corrected chi connectivity index (χ2v) is 6.24. The number of hydrogen-bond donors (Lipinski definition) is 2. The van der Waals surface area contributed by atoms with Crippen LogP contribution in [-0.4, -0.2) is 47.3 Å². The zero-order valence-electron chi connectivity index (χ0n) is 13.6. The first-order valence-electron chi connectivity index (χ1n) is 7.65. The van der Waals surface area contributed by atoms with Crippen LogP contribution in [0.4, 0.5) is 0 Å². The SMILES string of the molecule is CC(C)NC(=O)[C@@H](C)NC(=O)[C@@H]1CCCN1C(=O)C(C)C. The van der Waals surface area contributed by atoms with Gasteiger partial charge in [-0.15, -0.1) is 0 Å². The molecule has 0 aromatic heterocycles. The van der Waals surface area contributed by atoms with E-state index in [1.54, 1.807) is 11.8 Å². The minimum Gasteiger partial charge on any atom is -0.352 e. The van der Waals surface area contributed by atoms with Gasteiger partial charge in [0.2, 0.25) is 17.7 Å². The Labute approximate surface area is 126 Å². The van der Waals surface area contributed by atoms with Crippen molar-refractivity contribution in [3.05, 3.63) is 0 Å². The van der Waals surface area contributed by atoms with Gasteiger partial charge in [0.25, 0.3) is 0 Å². The van der Waals surface area contributed by atoms with Crippen LogP contribution in [0.3, 0.4) is 0 Å². The fraction of sp³-hybridized carbons (Fsp3) is 0.800. The zero-order valence-corrected chi connectivity index (χ0v) is 13.6. The molecule has 1 rings (SSSR count). The number of carbonyl (C=O) groups is 3. The summed E-state index contributed by atoms with van der Waals surface area (Å²) in [6.07, 6.45) is 1.48. The summed E-state index contributed by atoms with van der Waals surface area (Å²) in [5, 5.41) is 5.46. The van der Waals surface area contributed by atoms with Crippen molar-refractivity contribution in [2.24, 2.45) is 5.92 Å². The van der Waals surface area contributed by atoms with Gasteiger partial charge in [0.15, 0.2) is 0 Å². The first-order chi connectivity index (χ1) is 9.73. The summed E-state index contributed by atoms with van der Waals surface area (Å²) < 4.78 is 0. The number of amides is 3. The van der Waals surface area contributed by atoms with Gasteiger partial charge in [-0.05, 0) is 33.6 Å². The fourth-order valence-corrected chi connectivity index (χ4v) is 2.42. The molecule has 0 saturated carbocycles. The van der Waals surface area contributed by atoms with Crippen LogP contribution in [0.1, 0.15) is 47.5 Å². The summed E-state index contributed by atoms with van der Waals surface area (Å²) in [5.74, 6) is -0.585. The Bertz CT molecular complexity index is 407. The van der Waals surface area contributed by atoms with Crippen molar-refractivity contribution >= 4 is 17.7 Å². The number of likely N-dealkylation sites (tertiary alicyclic amines) is 1. The van der Waals surface area contributed by atoms with Gasteiger partial charge in [-0.1, -0.05) is 13.8 Å². The average molecular weight is 297 g/mol. The van der Waals surface area contributed by atoms with Gasteiger partial charge in [-0.2, -0.15) is 0 Å². The molecule has 1 fully saturated rings. The third kappa shape index (κ3) is 4.72. The number of rotatable bonds is 5. The summed E-state index contributed by atoms with van der Waals surface area (Å²) in [4.78, 5) is 37.8. The molecule has 6 heteroatoms. The van der Waals surface area contributed by atoms with E-state index in [1.807, 2.05) is 27.7 Å². The van der Waals surface area contributed by atoms with Crippen molar-refractivity contribution in [1.82, 2.24) is 15.5 Å². The van der Waals surface area contributed by atoms with Crippen molar-refractivity contribution in [2.75, 3.05) is 6.54 Å². The van der Waals surface area contributed by atoms with Crippen LogP contribution in [0, 0.1) is 5.92 Å². The van der Waals surface area contributed by atoms with E-state index in [4.69, 9.17) is 0 Å². The highest BCUT2D eigenvalue weighted by Crippen LogP contribution is 2.20. The van der Waals surface area contributed by atoms with Crippen molar-refractivity contribution < 1.29 is 14.4 Å². The average Bonchev–Trinajstić information content (AvgIpc) is 2.85. The molecule has 0 radical (unpaired) electrons. The summed E-state index contributed by atoms with van der Waals surface area (Å²) in [7, 11) is 0. The summed E-state index contributed by atoms with van der Waals surface area (Å²) in [6, 6.07) is -1.02. The molecule has 1 saturated heterocycles. The van der Waals surface area contributed by atoms with Gasteiger partial charge in [0, 0.05) is 18.5 Å². The smallest absolute Gasteiger partial charge is 0.243 e. The molecule has 6 nitrogen and oxygen atoms in total. The molecule has 1 aliphatic heterocycles. The summed E-state index contributed by atoms with van der Waals surface area (Å²) in [6.45, 7) is 9.66. The molecule has 1 aliphatic rings. The van der Waals surface area contributed by atoms with Crippen LogP contribution in [0.15, 0.2) is 0 Å². The van der Waals surface area contributed by atoms with E-state index in [2.05, 4.69) is 10.6 Å². The second-order valence-electron chi connectivity index (χ2n) is 6.24. The number of hydrogen-bond acceptors (Lipinski definition) is 3. The Balaban J connectivity index is 2.62. The van der Waals surface area contributed by atoms with Gasteiger partial charge in [-0.25, -0.2) is 0 Å². The maximum absolute atomic E-state index is 12.3. The second kappa shape index (κ2) is 7.43. The van der Waals surface area contributed by atoms with E-state index in [-0.39, 0.29) is 29.7 Å². The Morgan fingerprint density at radius 2 is 1.67 bits per heavy atom. The van der Waals surface area contributed by atoms with Crippen molar-refractivity contribution in [3.63, 3.8) is 0 Å². The largest absolute Gasteiger partial charge is 0.352 e. The molecular weight excluding hydrogens is 270 g/mol. The molecule has 0 aliphatic carbocycles. The zero-order chi connectivity index (χ0) is 16.2. The van der Waals surface area contributed by atoms with Crippen molar-refractivity contribution in [3.8, 4) is 0 Å². The van der Waals surface area contributed by atoms with Crippen LogP contribution in [0.5, 0.6) is 0 Å². The quantitative estimate of drug-likeness (QED) is 0.782. The van der Waals surface area contributed by atoms with Gasteiger partial charge < -0.3 is 15.5 Å². The lowest BCUT2D eigenvalue weighted by atomic mass is 10.1.